The molecule has 0 radical (unpaired) electrons. The van der Waals surface area contributed by atoms with E-state index in [1.807, 2.05) is 6.92 Å². The molecule has 3 heterocycles. The van der Waals surface area contributed by atoms with Crippen molar-refractivity contribution in [1.29, 1.82) is 0 Å². The Kier molecular flexibility index (Phi) is 5.68. The lowest BCUT2D eigenvalue weighted by Gasteiger charge is -2.40. The number of halogens is 3. The van der Waals surface area contributed by atoms with Crippen LogP contribution in [0.25, 0.3) is 16.8 Å². The van der Waals surface area contributed by atoms with Crippen LogP contribution in [0.4, 0.5) is 19.2 Å². The van der Waals surface area contributed by atoms with Crippen LogP contribution in [0.1, 0.15) is 30.1 Å². The number of anilines is 1. The largest absolute Gasteiger partial charge is 0.424 e. The molecule has 4 aromatic rings. The summed E-state index contributed by atoms with van der Waals surface area (Å²) in [6.07, 6.45) is 4.33. The van der Waals surface area contributed by atoms with Crippen LogP contribution in [0.2, 0.25) is 0 Å². The molecule has 0 bridgehead atoms. The van der Waals surface area contributed by atoms with Crippen LogP contribution in [0.15, 0.2) is 47.1 Å². The zero-order chi connectivity index (χ0) is 23.8. The Morgan fingerprint density at radius 2 is 1.94 bits per heavy atom. The van der Waals surface area contributed by atoms with E-state index in [1.165, 1.54) is 30.6 Å². The molecule has 0 aliphatic carbocycles. The molecule has 2 aromatic heterocycles. The maximum Gasteiger partial charge on any atom is 0.295 e. The Morgan fingerprint density at radius 3 is 2.74 bits per heavy atom. The molecular formula is C23H21F3N6O2. The third-order valence-electron chi connectivity index (χ3n) is 6.07. The number of carbonyl (C=O) groups is 1. The second-order valence-corrected chi connectivity index (χ2v) is 8.30. The van der Waals surface area contributed by atoms with E-state index < -0.39 is 23.4 Å². The summed E-state index contributed by atoms with van der Waals surface area (Å²) in [6, 6.07) is 5.63. The van der Waals surface area contributed by atoms with Crippen LogP contribution < -0.4 is 5.32 Å². The molecule has 2 aromatic carbocycles. The Labute approximate surface area is 192 Å². The fraction of sp³-hybridized carbons (Fsp3) is 0.304. The van der Waals surface area contributed by atoms with Gasteiger partial charge in [0, 0.05) is 31.3 Å². The minimum absolute atomic E-state index is 0.0709. The van der Waals surface area contributed by atoms with E-state index in [-0.39, 0.29) is 35.8 Å². The topological polar surface area (TPSA) is 89.1 Å². The van der Waals surface area contributed by atoms with Crippen molar-refractivity contribution in [3.8, 4) is 5.69 Å². The van der Waals surface area contributed by atoms with Crippen molar-refractivity contribution in [2.75, 3.05) is 18.4 Å². The van der Waals surface area contributed by atoms with Crippen molar-refractivity contribution in [2.24, 2.45) is 5.92 Å². The zero-order valence-corrected chi connectivity index (χ0v) is 18.2. The van der Waals surface area contributed by atoms with E-state index in [9.17, 15) is 18.0 Å². The molecule has 1 amide bonds. The van der Waals surface area contributed by atoms with Gasteiger partial charge in [-0.2, -0.15) is 20.0 Å². The summed E-state index contributed by atoms with van der Waals surface area (Å²) in [4.78, 5) is 20.4. The standard InChI is InChI=1S/C23H21F3N6O2/c1-13-3-2-8-31(19(13)12-27-23-30-17-10-14(24)4-5-20(17)34-23)22(33)21-16(26)9-15(25)11-18(21)32-28-6-7-29-32/h4-7,9-11,13,19H,2-3,8,12H2,1H3,(H,27,30). The molecule has 1 aliphatic rings. The predicted octanol–water partition coefficient (Wildman–Crippen LogP) is 4.18. The maximum atomic E-state index is 14.9. The number of amides is 1. The van der Waals surface area contributed by atoms with Gasteiger partial charge in [0.15, 0.2) is 5.58 Å². The quantitative estimate of drug-likeness (QED) is 0.471. The highest BCUT2D eigenvalue weighted by molar-refractivity contribution is 5.98. The molecule has 1 fully saturated rings. The number of hydrogen-bond acceptors (Lipinski definition) is 6. The Balaban J connectivity index is 1.43. The van der Waals surface area contributed by atoms with Gasteiger partial charge in [0.25, 0.3) is 11.9 Å². The summed E-state index contributed by atoms with van der Waals surface area (Å²) >= 11 is 0. The molecule has 1 N–H and O–H groups in total. The molecule has 0 spiro atoms. The van der Waals surface area contributed by atoms with E-state index in [2.05, 4.69) is 20.5 Å². The van der Waals surface area contributed by atoms with Crippen molar-refractivity contribution in [3.05, 3.63) is 65.7 Å². The molecule has 34 heavy (non-hydrogen) atoms. The number of oxazole rings is 1. The fourth-order valence-electron chi connectivity index (χ4n) is 4.39. The first-order valence-corrected chi connectivity index (χ1v) is 10.9. The van der Waals surface area contributed by atoms with Gasteiger partial charge in [-0.05, 0) is 30.9 Å². The summed E-state index contributed by atoms with van der Waals surface area (Å²) < 4.78 is 48.0. The number of nitrogens with zero attached hydrogens (tertiary/aromatic N) is 5. The van der Waals surface area contributed by atoms with Gasteiger partial charge in [-0.15, -0.1) is 0 Å². The Bertz CT molecular complexity index is 1340. The molecule has 5 rings (SSSR count). The number of likely N-dealkylation sites (tertiary alicyclic amines) is 1. The predicted molar refractivity (Wildman–Crippen MR) is 117 cm³/mol. The SMILES string of the molecule is CC1CCCN(C(=O)c2c(F)cc(F)cc2-n2nccn2)C1CNc1nc2cc(F)ccc2o1. The number of piperidine rings is 1. The number of carbonyl (C=O) groups excluding carboxylic acids is 1. The van der Waals surface area contributed by atoms with Gasteiger partial charge >= 0.3 is 0 Å². The third kappa shape index (κ3) is 4.09. The van der Waals surface area contributed by atoms with E-state index in [0.29, 0.717) is 23.7 Å². The highest BCUT2D eigenvalue weighted by Gasteiger charge is 2.35. The number of nitrogens with one attached hydrogen (secondary N) is 1. The second-order valence-electron chi connectivity index (χ2n) is 8.30. The van der Waals surface area contributed by atoms with Crippen molar-refractivity contribution in [3.63, 3.8) is 0 Å². The van der Waals surface area contributed by atoms with Gasteiger partial charge < -0.3 is 14.6 Å². The van der Waals surface area contributed by atoms with E-state index in [4.69, 9.17) is 4.42 Å². The average molecular weight is 470 g/mol. The van der Waals surface area contributed by atoms with E-state index in [1.54, 1.807) is 4.90 Å². The minimum Gasteiger partial charge on any atom is -0.424 e. The molecule has 1 aliphatic heterocycles. The Hall–Kier alpha value is -3.89. The maximum absolute atomic E-state index is 14.9. The first-order chi connectivity index (χ1) is 16.4. The van der Waals surface area contributed by atoms with Gasteiger partial charge in [-0.25, -0.2) is 13.2 Å². The van der Waals surface area contributed by atoms with Gasteiger partial charge in [0.1, 0.15) is 34.2 Å². The second kappa shape index (κ2) is 8.81. The zero-order valence-electron chi connectivity index (χ0n) is 18.2. The molecule has 11 heteroatoms. The average Bonchev–Trinajstić information content (AvgIpc) is 3.47. The molecule has 2 atom stereocenters. The third-order valence-corrected chi connectivity index (χ3v) is 6.07. The van der Waals surface area contributed by atoms with E-state index >= 15 is 0 Å². The summed E-state index contributed by atoms with van der Waals surface area (Å²) in [5, 5.41) is 10.9. The monoisotopic (exact) mass is 470 g/mol. The van der Waals surface area contributed by atoms with Crippen molar-refractivity contribution < 1.29 is 22.4 Å². The number of aromatic nitrogens is 4. The fourth-order valence-corrected chi connectivity index (χ4v) is 4.39. The molecule has 2 unspecified atom stereocenters. The van der Waals surface area contributed by atoms with Crippen LogP contribution in [0.3, 0.4) is 0 Å². The van der Waals surface area contributed by atoms with Crippen LogP contribution in [0, 0.1) is 23.4 Å². The van der Waals surface area contributed by atoms with Gasteiger partial charge in [0.2, 0.25) is 0 Å². The van der Waals surface area contributed by atoms with Crippen molar-refractivity contribution in [2.45, 2.75) is 25.8 Å². The molecule has 8 nitrogen and oxygen atoms in total. The number of hydrogen-bond donors (Lipinski definition) is 1. The van der Waals surface area contributed by atoms with E-state index in [0.717, 1.165) is 23.7 Å². The van der Waals surface area contributed by atoms with Crippen LogP contribution in [0.5, 0.6) is 0 Å². The summed E-state index contributed by atoms with van der Waals surface area (Å²) in [5.74, 6) is -2.74. The molecule has 0 saturated carbocycles. The highest BCUT2D eigenvalue weighted by atomic mass is 19.1. The molecule has 176 valence electrons. The van der Waals surface area contributed by atoms with Crippen molar-refractivity contribution >= 4 is 23.0 Å². The first-order valence-electron chi connectivity index (χ1n) is 10.9. The van der Waals surface area contributed by atoms with Gasteiger partial charge in [-0.1, -0.05) is 6.92 Å². The van der Waals surface area contributed by atoms with Crippen LogP contribution >= 0.6 is 0 Å². The van der Waals surface area contributed by atoms with Gasteiger partial charge in [-0.3, -0.25) is 4.79 Å². The Morgan fingerprint density at radius 1 is 1.15 bits per heavy atom. The lowest BCUT2D eigenvalue weighted by Crippen LogP contribution is -2.51. The molecular weight excluding hydrogens is 449 g/mol. The molecule has 1 saturated heterocycles. The summed E-state index contributed by atoms with van der Waals surface area (Å²) in [5.41, 5.74) is 0.433. The van der Waals surface area contributed by atoms with Gasteiger partial charge in [0.05, 0.1) is 18.4 Å². The van der Waals surface area contributed by atoms with Crippen LogP contribution in [-0.4, -0.2) is 49.9 Å². The number of fused-ring (bicyclic) bond motifs is 1. The number of benzene rings is 2. The summed E-state index contributed by atoms with van der Waals surface area (Å²) in [6.45, 7) is 2.68. The van der Waals surface area contributed by atoms with Crippen molar-refractivity contribution in [1.82, 2.24) is 24.9 Å². The lowest BCUT2D eigenvalue weighted by molar-refractivity contribution is 0.0534. The lowest BCUT2D eigenvalue weighted by atomic mass is 9.90. The smallest absolute Gasteiger partial charge is 0.295 e. The first kappa shape index (κ1) is 21.9. The summed E-state index contributed by atoms with van der Waals surface area (Å²) in [7, 11) is 0. The highest BCUT2D eigenvalue weighted by Crippen LogP contribution is 2.29. The number of rotatable bonds is 5. The minimum atomic E-state index is -0.983. The van der Waals surface area contributed by atoms with Crippen LogP contribution in [-0.2, 0) is 0 Å². The normalized spacial score (nSPS) is 18.4.